The number of sulfone groups is 1. The normalized spacial score (nSPS) is 18.9. The van der Waals surface area contributed by atoms with Gasteiger partial charge < -0.3 is 9.80 Å². The number of carbonyl (C=O) groups excluding carboxylic acids is 1. The van der Waals surface area contributed by atoms with Crippen LogP contribution < -0.4 is 4.90 Å². The molecule has 0 spiro atoms. The third kappa shape index (κ3) is 3.94. The zero-order chi connectivity index (χ0) is 22.2. The van der Waals surface area contributed by atoms with Gasteiger partial charge in [-0.3, -0.25) is 4.79 Å². The van der Waals surface area contributed by atoms with E-state index in [1.807, 2.05) is 25.1 Å². The summed E-state index contributed by atoms with van der Waals surface area (Å²) in [6, 6.07) is 9.10. The number of hydrogen-bond acceptors (Lipinski definition) is 5. The second-order valence-electron chi connectivity index (χ2n) is 8.59. The Balaban J connectivity index is 1.58. The Morgan fingerprint density at radius 1 is 1.03 bits per heavy atom. The summed E-state index contributed by atoms with van der Waals surface area (Å²) >= 11 is 5.93. The topological polar surface area (TPSA) is 70.6 Å². The molecule has 1 amide bonds. The van der Waals surface area contributed by atoms with Crippen LogP contribution in [0.3, 0.4) is 0 Å². The van der Waals surface area contributed by atoms with Crippen molar-refractivity contribution in [3.05, 3.63) is 52.7 Å². The van der Waals surface area contributed by atoms with Crippen LogP contribution in [0.1, 0.15) is 36.8 Å². The number of amides is 1. The van der Waals surface area contributed by atoms with Crippen LogP contribution in [0, 0.1) is 13.8 Å². The van der Waals surface area contributed by atoms with E-state index in [-0.39, 0.29) is 5.91 Å². The van der Waals surface area contributed by atoms with Gasteiger partial charge in [0.15, 0.2) is 14.6 Å². The molecule has 0 bridgehead atoms. The number of piperazine rings is 1. The number of aryl methyl sites for hydroxylation is 2. The molecule has 0 atom stereocenters. The Kier molecular flexibility index (Phi) is 6.01. The monoisotopic (exact) mass is 461 g/mol. The first-order valence-corrected chi connectivity index (χ1v) is 12.6. The highest BCUT2D eigenvalue weighted by atomic mass is 35.5. The van der Waals surface area contributed by atoms with E-state index in [2.05, 4.69) is 9.88 Å². The number of pyridine rings is 1. The average molecular weight is 462 g/mol. The molecule has 31 heavy (non-hydrogen) atoms. The van der Waals surface area contributed by atoms with Crippen molar-refractivity contribution >= 4 is 33.2 Å². The largest absolute Gasteiger partial charge is 0.353 e. The lowest BCUT2D eigenvalue weighted by molar-refractivity contribution is -0.134. The minimum absolute atomic E-state index is 0.241. The number of carbonyl (C=O) groups is 1. The predicted molar refractivity (Wildman–Crippen MR) is 122 cm³/mol. The molecule has 1 saturated heterocycles. The van der Waals surface area contributed by atoms with Gasteiger partial charge in [0.05, 0.1) is 9.92 Å². The molecular formula is C23H28ClN3O3S. The molecular weight excluding hydrogens is 434 g/mol. The maximum Gasteiger partial charge on any atom is 0.244 e. The lowest BCUT2D eigenvalue weighted by Gasteiger charge is -2.40. The van der Waals surface area contributed by atoms with E-state index in [9.17, 15) is 13.2 Å². The van der Waals surface area contributed by atoms with E-state index in [1.54, 1.807) is 30.2 Å². The molecule has 166 valence electrons. The number of benzene rings is 1. The van der Waals surface area contributed by atoms with Gasteiger partial charge in [-0.2, -0.15) is 0 Å². The van der Waals surface area contributed by atoms with Crippen LogP contribution in [0.15, 0.2) is 41.4 Å². The quantitative estimate of drug-likeness (QED) is 0.692. The van der Waals surface area contributed by atoms with Crippen LogP contribution >= 0.6 is 11.6 Å². The number of rotatable bonds is 4. The zero-order valence-corrected chi connectivity index (χ0v) is 19.5. The number of anilines is 1. The van der Waals surface area contributed by atoms with Crippen molar-refractivity contribution in [3.8, 4) is 0 Å². The van der Waals surface area contributed by atoms with Crippen molar-refractivity contribution in [1.29, 1.82) is 0 Å². The second-order valence-corrected chi connectivity index (χ2v) is 11.3. The predicted octanol–water partition coefficient (Wildman–Crippen LogP) is 3.79. The minimum Gasteiger partial charge on any atom is -0.353 e. The fourth-order valence-corrected chi connectivity index (χ4v) is 7.28. The summed E-state index contributed by atoms with van der Waals surface area (Å²) in [5, 5.41) is 0.581. The summed E-state index contributed by atoms with van der Waals surface area (Å²) in [5.41, 5.74) is 1.58. The molecule has 1 aliphatic carbocycles. The highest BCUT2D eigenvalue weighted by molar-refractivity contribution is 7.93. The molecule has 4 rings (SSSR count). The molecule has 2 aliphatic rings. The minimum atomic E-state index is -3.80. The summed E-state index contributed by atoms with van der Waals surface area (Å²) in [6.45, 7) is 5.86. The van der Waals surface area contributed by atoms with Crippen molar-refractivity contribution < 1.29 is 13.2 Å². The molecule has 0 radical (unpaired) electrons. The van der Waals surface area contributed by atoms with Gasteiger partial charge in [-0.25, -0.2) is 13.4 Å². The smallest absolute Gasteiger partial charge is 0.244 e. The van der Waals surface area contributed by atoms with Crippen molar-refractivity contribution in [1.82, 2.24) is 9.88 Å². The van der Waals surface area contributed by atoms with E-state index in [0.717, 1.165) is 24.2 Å². The fraction of sp³-hybridized carbons (Fsp3) is 0.478. The average Bonchev–Trinajstić information content (AvgIpc) is 3.27. The van der Waals surface area contributed by atoms with Gasteiger partial charge >= 0.3 is 0 Å². The first kappa shape index (κ1) is 22.1. The molecule has 1 aromatic heterocycles. The maximum absolute atomic E-state index is 13.9. The summed E-state index contributed by atoms with van der Waals surface area (Å²) in [7, 11) is -3.80. The van der Waals surface area contributed by atoms with Crippen LogP contribution in [0.2, 0.25) is 5.02 Å². The molecule has 0 unspecified atom stereocenters. The molecule has 1 aliphatic heterocycles. The van der Waals surface area contributed by atoms with Crippen LogP contribution in [0.25, 0.3) is 0 Å². The first-order chi connectivity index (χ1) is 14.7. The Hall–Kier alpha value is -2.12. The Morgan fingerprint density at radius 2 is 1.71 bits per heavy atom. The van der Waals surface area contributed by atoms with Gasteiger partial charge in [-0.15, -0.1) is 0 Å². The third-order valence-electron chi connectivity index (χ3n) is 6.55. The number of halogens is 1. The number of hydrogen-bond donors (Lipinski definition) is 0. The van der Waals surface area contributed by atoms with E-state index in [4.69, 9.17) is 11.6 Å². The molecule has 1 aromatic carbocycles. The van der Waals surface area contributed by atoms with Crippen molar-refractivity contribution in [2.75, 3.05) is 31.1 Å². The SMILES string of the molecule is Cc1ccc(C)c(S(=O)(=O)C2(C(=O)N3CCN(c4ccc(Cl)cn4)CC3)CCCC2)c1. The van der Waals surface area contributed by atoms with Crippen LogP contribution in [0.4, 0.5) is 5.82 Å². The van der Waals surface area contributed by atoms with Crippen molar-refractivity contribution in [3.63, 3.8) is 0 Å². The van der Waals surface area contributed by atoms with E-state index < -0.39 is 14.6 Å². The highest BCUT2D eigenvalue weighted by Crippen LogP contribution is 2.43. The second kappa shape index (κ2) is 8.43. The van der Waals surface area contributed by atoms with Crippen molar-refractivity contribution in [2.45, 2.75) is 49.2 Å². The summed E-state index contributed by atoms with van der Waals surface area (Å²) in [5.74, 6) is 0.574. The summed E-state index contributed by atoms with van der Waals surface area (Å²) < 4.78 is 26.3. The molecule has 6 nitrogen and oxygen atoms in total. The summed E-state index contributed by atoms with van der Waals surface area (Å²) in [6.07, 6.45) is 3.90. The lowest BCUT2D eigenvalue weighted by atomic mass is 10.0. The molecule has 2 aromatic rings. The Labute approximate surface area is 189 Å². The standard InChI is InChI=1S/C23H28ClN3O3S/c1-17-5-6-18(2)20(15-17)31(29,30)23(9-3-4-10-23)22(28)27-13-11-26(12-14-27)21-8-7-19(24)16-25-21/h5-8,15-16H,3-4,9-14H2,1-2H3. The van der Waals surface area contributed by atoms with Gasteiger partial charge in [0.2, 0.25) is 5.91 Å². The first-order valence-electron chi connectivity index (χ1n) is 10.7. The Bertz CT molecular complexity index is 1070. The van der Waals surface area contributed by atoms with Gasteiger partial charge in [-0.05, 0) is 56.0 Å². The summed E-state index contributed by atoms with van der Waals surface area (Å²) in [4.78, 5) is 22.2. The molecule has 0 N–H and O–H groups in total. The van der Waals surface area contributed by atoms with Crippen LogP contribution in [-0.2, 0) is 14.6 Å². The molecule has 2 heterocycles. The third-order valence-corrected chi connectivity index (χ3v) is 9.41. The van der Waals surface area contributed by atoms with Crippen molar-refractivity contribution in [2.24, 2.45) is 0 Å². The van der Waals surface area contributed by atoms with Gasteiger partial charge in [0.1, 0.15) is 5.82 Å². The molecule has 2 fully saturated rings. The Morgan fingerprint density at radius 3 is 2.32 bits per heavy atom. The zero-order valence-electron chi connectivity index (χ0n) is 18.0. The van der Waals surface area contributed by atoms with Gasteiger partial charge in [-0.1, -0.05) is 36.6 Å². The van der Waals surface area contributed by atoms with Crippen LogP contribution in [-0.4, -0.2) is 55.1 Å². The van der Waals surface area contributed by atoms with E-state index in [1.165, 1.54) is 0 Å². The molecule has 8 heteroatoms. The van der Waals surface area contributed by atoms with Gasteiger partial charge in [0.25, 0.3) is 0 Å². The van der Waals surface area contributed by atoms with E-state index in [0.29, 0.717) is 54.5 Å². The van der Waals surface area contributed by atoms with Crippen LogP contribution in [0.5, 0.6) is 0 Å². The fourth-order valence-electron chi connectivity index (χ4n) is 4.73. The molecule has 1 saturated carbocycles. The van der Waals surface area contributed by atoms with E-state index >= 15 is 0 Å². The maximum atomic E-state index is 13.9. The highest BCUT2D eigenvalue weighted by Gasteiger charge is 2.55. The lowest BCUT2D eigenvalue weighted by Crippen LogP contribution is -2.57. The number of aromatic nitrogens is 1. The number of nitrogens with zero attached hydrogens (tertiary/aromatic N) is 3. The van der Waals surface area contributed by atoms with Gasteiger partial charge in [0, 0.05) is 32.4 Å².